The molecule has 2 N–H and O–H groups in total. The Bertz CT molecular complexity index is 814. The van der Waals surface area contributed by atoms with E-state index in [2.05, 4.69) is 19.2 Å². The maximum Gasteiger partial charge on any atom is 0.258 e. The Hall–Kier alpha value is -2.93. The largest absolute Gasteiger partial charge is 0.493 e. The highest BCUT2D eigenvalue weighted by molar-refractivity contribution is 5.77. The van der Waals surface area contributed by atoms with E-state index in [0.29, 0.717) is 28.9 Å². The first-order chi connectivity index (χ1) is 14.3. The molecule has 0 aromatic heterocycles. The number of carbonyl (C=O) groups is 1. The van der Waals surface area contributed by atoms with Gasteiger partial charge in [-0.25, -0.2) is 0 Å². The molecule has 2 aromatic rings. The highest BCUT2D eigenvalue weighted by atomic mass is 16.5. The van der Waals surface area contributed by atoms with Crippen LogP contribution in [0, 0.1) is 6.92 Å². The second-order valence-electron chi connectivity index (χ2n) is 7.22. The van der Waals surface area contributed by atoms with E-state index < -0.39 is 6.10 Å². The van der Waals surface area contributed by atoms with E-state index in [4.69, 9.17) is 18.9 Å². The maximum atomic E-state index is 12.0. The molecule has 0 saturated heterocycles. The standard InChI is InChI=1S/C23H31NO6/c1-15(2)19-10-9-18(11-16(19)3)29-14-22(26)24-12-17(25)13-30-23-20(27-4)7-6-8-21(23)28-5/h6-11,15,17,25H,12-14H2,1-5H3,(H,24,26). The van der Waals surface area contributed by atoms with Gasteiger partial charge in [0, 0.05) is 6.54 Å². The normalized spacial score (nSPS) is 11.7. The van der Waals surface area contributed by atoms with Crippen LogP contribution in [-0.4, -0.2) is 51.1 Å². The van der Waals surface area contributed by atoms with E-state index in [9.17, 15) is 9.90 Å². The summed E-state index contributed by atoms with van der Waals surface area (Å²) in [6, 6.07) is 11.0. The van der Waals surface area contributed by atoms with Crippen molar-refractivity contribution in [3.8, 4) is 23.0 Å². The summed E-state index contributed by atoms with van der Waals surface area (Å²) < 4.78 is 21.7. The first kappa shape index (κ1) is 23.3. The van der Waals surface area contributed by atoms with Crippen LogP contribution in [-0.2, 0) is 4.79 Å². The maximum absolute atomic E-state index is 12.0. The lowest BCUT2D eigenvalue weighted by Crippen LogP contribution is -2.37. The van der Waals surface area contributed by atoms with Crippen molar-refractivity contribution >= 4 is 5.91 Å². The van der Waals surface area contributed by atoms with Gasteiger partial charge in [-0.15, -0.1) is 0 Å². The molecule has 7 nitrogen and oxygen atoms in total. The minimum Gasteiger partial charge on any atom is -0.493 e. The summed E-state index contributed by atoms with van der Waals surface area (Å²) in [6.07, 6.45) is -0.906. The van der Waals surface area contributed by atoms with Crippen LogP contribution in [0.4, 0.5) is 0 Å². The van der Waals surface area contributed by atoms with E-state index in [0.717, 1.165) is 5.56 Å². The Morgan fingerprint density at radius 1 is 1.07 bits per heavy atom. The van der Waals surface area contributed by atoms with Gasteiger partial charge in [-0.3, -0.25) is 4.79 Å². The minimum absolute atomic E-state index is 0.0327. The molecular weight excluding hydrogens is 386 g/mol. The zero-order valence-corrected chi connectivity index (χ0v) is 18.2. The van der Waals surface area contributed by atoms with Crippen LogP contribution in [0.25, 0.3) is 0 Å². The molecule has 1 atom stereocenters. The van der Waals surface area contributed by atoms with Gasteiger partial charge in [0.05, 0.1) is 14.2 Å². The second-order valence-corrected chi connectivity index (χ2v) is 7.22. The number of para-hydroxylation sites is 1. The van der Waals surface area contributed by atoms with Crippen molar-refractivity contribution in [2.75, 3.05) is 34.0 Å². The summed E-state index contributed by atoms with van der Waals surface area (Å²) in [5.41, 5.74) is 2.38. The lowest BCUT2D eigenvalue weighted by Gasteiger charge is -2.17. The summed E-state index contributed by atoms with van der Waals surface area (Å²) in [6.45, 7) is 6.16. The molecular formula is C23H31NO6. The number of aliphatic hydroxyl groups excluding tert-OH is 1. The number of amides is 1. The lowest BCUT2D eigenvalue weighted by atomic mass is 9.98. The van der Waals surface area contributed by atoms with Crippen molar-refractivity contribution in [2.45, 2.75) is 32.8 Å². The smallest absolute Gasteiger partial charge is 0.258 e. The van der Waals surface area contributed by atoms with Gasteiger partial charge in [0.1, 0.15) is 18.5 Å². The number of nitrogens with one attached hydrogen (secondary N) is 1. The zero-order valence-electron chi connectivity index (χ0n) is 18.2. The molecule has 7 heteroatoms. The van der Waals surface area contributed by atoms with Crippen LogP contribution < -0.4 is 24.3 Å². The fourth-order valence-electron chi connectivity index (χ4n) is 3.02. The number of hydrogen-bond acceptors (Lipinski definition) is 6. The summed E-state index contributed by atoms with van der Waals surface area (Å²) in [7, 11) is 3.05. The third-order valence-corrected chi connectivity index (χ3v) is 4.57. The van der Waals surface area contributed by atoms with Crippen LogP contribution in [0.5, 0.6) is 23.0 Å². The molecule has 0 spiro atoms. The quantitative estimate of drug-likeness (QED) is 0.584. The molecule has 2 aromatic carbocycles. The molecule has 0 heterocycles. The fourth-order valence-corrected chi connectivity index (χ4v) is 3.02. The Kier molecular flexibility index (Phi) is 8.80. The van der Waals surface area contributed by atoms with Crippen LogP contribution in [0.3, 0.4) is 0 Å². The summed E-state index contributed by atoms with van der Waals surface area (Å²) in [5, 5.41) is 12.8. The third kappa shape index (κ3) is 6.56. The molecule has 0 aliphatic rings. The highest BCUT2D eigenvalue weighted by Crippen LogP contribution is 2.36. The van der Waals surface area contributed by atoms with E-state index in [1.165, 1.54) is 19.8 Å². The third-order valence-electron chi connectivity index (χ3n) is 4.57. The van der Waals surface area contributed by atoms with E-state index >= 15 is 0 Å². The first-order valence-electron chi connectivity index (χ1n) is 9.87. The molecule has 2 rings (SSSR count). The topological polar surface area (TPSA) is 86.3 Å². The van der Waals surface area contributed by atoms with E-state index in [-0.39, 0.29) is 25.7 Å². The van der Waals surface area contributed by atoms with Gasteiger partial charge in [-0.2, -0.15) is 0 Å². The van der Waals surface area contributed by atoms with Crippen molar-refractivity contribution < 1.29 is 28.8 Å². The summed E-state index contributed by atoms with van der Waals surface area (Å²) in [4.78, 5) is 12.0. The van der Waals surface area contributed by atoms with Crippen molar-refractivity contribution in [3.63, 3.8) is 0 Å². The molecule has 0 fully saturated rings. The zero-order chi connectivity index (χ0) is 22.1. The number of rotatable bonds is 11. The van der Waals surface area contributed by atoms with Gasteiger partial charge in [-0.1, -0.05) is 26.0 Å². The fraction of sp³-hybridized carbons (Fsp3) is 0.435. The summed E-state index contributed by atoms with van der Waals surface area (Å²) in [5.74, 6) is 2.14. The molecule has 164 valence electrons. The second kappa shape index (κ2) is 11.3. The number of hydrogen-bond donors (Lipinski definition) is 2. The molecule has 0 saturated carbocycles. The Morgan fingerprint density at radius 3 is 2.30 bits per heavy atom. The van der Waals surface area contributed by atoms with Crippen LogP contribution in [0.15, 0.2) is 36.4 Å². The molecule has 1 unspecified atom stereocenters. The number of methoxy groups -OCH3 is 2. The Balaban J connectivity index is 1.78. The van der Waals surface area contributed by atoms with Gasteiger partial charge in [0.2, 0.25) is 5.75 Å². The number of ether oxygens (including phenoxy) is 4. The van der Waals surface area contributed by atoms with Crippen molar-refractivity contribution in [3.05, 3.63) is 47.5 Å². The lowest BCUT2D eigenvalue weighted by molar-refractivity contribution is -0.123. The van der Waals surface area contributed by atoms with Crippen molar-refractivity contribution in [1.29, 1.82) is 0 Å². The molecule has 0 radical (unpaired) electrons. The van der Waals surface area contributed by atoms with Gasteiger partial charge in [0.25, 0.3) is 5.91 Å². The predicted octanol–water partition coefficient (Wildman–Crippen LogP) is 3.07. The molecule has 0 aliphatic heterocycles. The van der Waals surface area contributed by atoms with Gasteiger partial charge < -0.3 is 29.4 Å². The number of benzene rings is 2. The van der Waals surface area contributed by atoms with Gasteiger partial charge in [-0.05, 0) is 48.2 Å². The molecule has 1 amide bonds. The number of aliphatic hydroxyl groups is 1. The van der Waals surface area contributed by atoms with Gasteiger partial charge >= 0.3 is 0 Å². The molecule has 30 heavy (non-hydrogen) atoms. The number of carbonyl (C=O) groups excluding carboxylic acids is 1. The van der Waals surface area contributed by atoms with Crippen LogP contribution in [0.2, 0.25) is 0 Å². The van der Waals surface area contributed by atoms with E-state index in [1.54, 1.807) is 18.2 Å². The first-order valence-corrected chi connectivity index (χ1v) is 9.87. The Morgan fingerprint density at radius 2 is 1.73 bits per heavy atom. The van der Waals surface area contributed by atoms with Crippen LogP contribution >= 0.6 is 0 Å². The average molecular weight is 418 g/mol. The molecule has 0 aliphatic carbocycles. The van der Waals surface area contributed by atoms with Gasteiger partial charge in [0.15, 0.2) is 18.1 Å². The van der Waals surface area contributed by atoms with Crippen LogP contribution in [0.1, 0.15) is 30.9 Å². The predicted molar refractivity (Wildman–Crippen MR) is 115 cm³/mol. The van der Waals surface area contributed by atoms with Crippen molar-refractivity contribution in [1.82, 2.24) is 5.32 Å². The SMILES string of the molecule is COc1cccc(OC)c1OCC(O)CNC(=O)COc1ccc(C(C)C)c(C)c1. The average Bonchev–Trinajstić information content (AvgIpc) is 2.74. The minimum atomic E-state index is -0.906. The van der Waals surface area contributed by atoms with Crippen molar-refractivity contribution in [2.24, 2.45) is 0 Å². The monoisotopic (exact) mass is 417 g/mol. The summed E-state index contributed by atoms with van der Waals surface area (Å²) >= 11 is 0. The van der Waals surface area contributed by atoms with E-state index in [1.807, 2.05) is 25.1 Å². The Labute approximate surface area is 177 Å². The molecule has 0 bridgehead atoms. The number of aryl methyl sites for hydroxylation is 1. The highest BCUT2D eigenvalue weighted by Gasteiger charge is 2.15.